The number of rotatable bonds is 6. The van der Waals surface area contributed by atoms with Crippen LogP contribution < -0.4 is 5.32 Å². The molecule has 0 saturated heterocycles. The van der Waals surface area contributed by atoms with Crippen molar-refractivity contribution >= 4 is 0 Å². The molecule has 0 radical (unpaired) electrons. The van der Waals surface area contributed by atoms with Gasteiger partial charge in [-0.05, 0) is 19.4 Å². The number of hydrogen-bond donors (Lipinski definition) is 1. The first-order valence-electron chi connectivity index (χ1n) is 6.67. The normalized spacial score (nSPS) is 14.3. The van der Waals surface area contributed by atoms with Crippen LogP contribution in [-0.2, 0) is 6.54 Å². The lowest BCUT2D eigenvalue weighted by atomic mass is 10.0. The van der Waals surface area contributed by atoms with Gasteiger partial charge in [0.05, 0.1) is 6.33 Å². The molecule has 0 spiro atoms. The van der Waals surface area contributed by atoms with Gasteiger partial charge in [0.2, 0.25) is 0 Å². The topological polar surface area (TPSA) is 29.9 Å². The van der Waals surface area contributed by atoms with Crippen LogP contribution in [0.25, 0.3) is 0 Å². The van der Waals surface area contributed by atoms with Crippen LogP contribution in [-0.4, -0.2) is 15.6 Å². The van der Waals surface area contributed by atoms with Crippen molar-refractivity contribution in [2.45, 2.75) is 38.9 Å². The summed E-state index contributed by atoms with van der Waals surface area (Å²) in [4.78, 5) is 4.02. The minimum atomic E-state index is -0.142. The number of nitrogens with zero attached hydrogens (tertiary/aromatic N) is 2. The second-order valence-corrected chi connectivity index (χ2v) is 4.81. The molecule has 0 saturated carbocycles. The Balaban J connectivity index is 2.01. The fourth-order valence-electron chi connectivity index (χ4n) is 2.29. The summed E-state index contributed by atoms with van der Waals surface area (Å²) in [5.74, 6) is -0.142. The van der Waals surface area contributed by atoms with E-state index in [1.54, 1.807) is 18.6 Å². The van der Waals surface area contributed by atoms with E-state index in [0.717, 1.165) is 18.5 Å². The summed E-state index contributed by atoms with van der Waals surface area (Å²) in [6.07, 6.45) is 6.35. The minimum Gasteiger partial charge on any atom is -0.336 e. The van der Waals surface area contributed by atoms with Crippen molar-refractivity contribution in [1.29, 1.82) is 0 Å². The first-order valence-corrected chi connectivity index (χ1v) is 6.67. The summed E-state index contributed by atoms with van der Waals surface area (Å²) in [5, 5.41) is 3.47. The quantitative estimate of drug-likeness (QED) is 0.865. The largest absolute Gasteiger partial charge is 0.336 e. The summed E-state index contributed by atoms with van der Waals surface area (Å²) < 4.78 is 15.8. The molecule has 2 atom stereocenters. The molecule has 0 amide bonds. The SMILES string of the molecule is CCC(NC(C)Cn1ccnc1)c1ccccc1F. The molecule has 0 fully saturated rings. The molecule has 0 bridgehead atoms. The predicted molar refractivity (Wildman–Crippen MR) is 74.3 cm³/mol. The van der Waals surface area contributed by atoms with Crippen molar-refractivity contribution in [1.82, 2.24) is 14.9 Å². The van der Waals surface area contributed by atoms with E-state index in [2.05, 4.69) is 24.1 Å². The van der Waals surface area contributed by atoms with Crippen LogP contribution in [0.2, 0.25) is 0 Å². The zero-order chi connectivity index (χ0) is 13.7. The van der Waals surface area contributed by atoms with E-state index in [-0.39, 0.29) is 17.9 Å². The average molecular weight is 261 g/mol. The van der Waals surface area contributed by atoms with E-state index in [4.69, 9.17) is 0 Å². The number of benzene rings is 1. The molecule has 4 heteroatoms. The Kier molecular flexibility index (Phi) is 4.68. The third kappa shape index (κ3) is 3.64. The molecular weight excluding hydrogens is 241 g/mol. The smallest absolute Gasteiger partial charge is 0.127 e. The molecule has 0 aliphatic rings. The first kappa shape index (κ1) is 13.7. The molecule has 102 valence electrons. The number of aromatic nitrogens is 2. The zero-order valence-electron chi connectivity index (χ0n) is 11.4. The highest BCUT2D eigenvalue weighted by atomic mass is 19.1. The molecule has 1 aromatic heterocycles. The Labute approximate surface area is 113 Å². The van der Waals surface area contributed by atoms with Crippen molar-refractivity contribution in [2.24, 2.45) is 0 Å². The van der Waals surface area contributed by atoms with Crippen LogP contribution in [0.3, 0.4) is 0 Å². The summed E-state index contributed by atoms with van der Waals surface area (Å²) in [7, 11) is 0. The van der Waals surface area contributed by atoms with Crippen LogP contribution in [0.15, 0.2) is 43.0 Å². The first-order chi connectivity index (χ1) is 9.20. The van der Waals surface area contributed by atoms with Crippen LogP contribution in [0.4, 0.5) is 4.39 Å². The third-order valence-corrected chi connectivity index (χ3v) is 3.22. The second kappa shape index (κ2) is 6.48. The fraction of sp³-hybridized carbons (Fsp3) is 0.400. The van der Waals surface area contributed by atoms with Crippen molar-refractivity contribution < 1.29 is 4.39 Å². The average Bonchev–Trinajstić information content (AvgIpc) is 2.89. The standard InChI is InChI=1S/C15H20FN3/c1-3-15(13-6-4-5-7-14(13)16)18-12(2)10-19-9-8-17-11-19/h4-9,11-12,15,18H,3,10H2,1-2H3. The predicted octanol–water partition coefficient (Wildman–Crippen LogP) is 3.15. The minimum absolute atomic E-state index is 0.0414. The Morgan fingerprint density at radius 3 is 2.79 bits per heavy atom. The van der Waals surface area contributed by atoms with Crippen LogP contribution >= 0.6 is 0 Å². The Bertz CT molecular complexity index is 496. The summed E-state index contributed by atoms with van der Waals surface area (Å²) in [6.45, 7) is 4.99. The highest BCUT2D eigenvalue weighted by Gasteiger charge is 2.15. The Morgan fingerprint density at radius 2 is 2.16 bits per heavy atom. The van der Waals surface area contributed by atoms with Gasteiger partial charge in [-0.2, -0.15) is 0 Å². The van der Waals surface area contributed by atoms with Gasteiger partial charge in [0, 0.05) is 36.6 Å². The van der Waals surface area contributed by atoms with Crippen molar-refractivity contribution in [3.63, 3.8) is 0 Å². The summed E-state index contributed by atoms with van der Waals surface area (Å²) in [6, 6.07) is 7.25. The molecule has 2 aromatic rings. The van der Waals surface area contributed by atoms with E-state index in [1.165, 1.54) is 6.07 Å². The van der Waals surface area contributed by atoms with Crippen LogP contribution in [0.1, 0.15) is 31.9 Å². The van der Waals surface area contributed by atoms with Gasteiger partial charge in [-0.25, -0.2) is 9.37 Å². The fourth-order valence-corrected chi connectivity index (χ4v) is 2.29. The monoisotopic (exact) mass is 261 g/mol. The molecule has 0 aliphatic carbocycles. The summed E-state index contributed by atoms with van der Waals surface area (Å²) in [5.41, 5.74) is 0.738. The molecule has 1 aromatic carbocycles. The number of halogens is 1. The molecule has 1 N–H and O–H groups in total. The number of imidazole rings is 1. The van der Waals surface area contributed by atoms with Gasteiger partial charge in [-0.1, -0.05) is 25.1 Å². The van der Waals surface area contributed by atoms with Crippen molar-refractivity contribution in [3.8, 4) is 0 Å². The van der Waals surface area contributed by atoms with Gasteiger partial charge >= 0.3 is 0 Å². The third-order valence-electron chi connectivity index (χ3n) is 3.22. The molecule has 0 aliphatic heterocycles. The van der Waals surface area contributed by atoms with E-state index in [0.29, 0.717) is 0 Å². The Hall–Kier alpha value is -1.68. The maximum absolute atomic E-state index is 13.8. The van der Waals surface area contributed by atoms with E-state index in [9.17, 15) is 4.39 Å². The summed E-state index contributed by atoms with van der Waals surface area (Å²) >= 11 is 0. The van der Waals surface area contributed by atoms with Gasteiger partial charge in [-0.3, -0.25) is 0 Å². The molecule has 1 heterocycles. The molecule has 2 unspecified atom stereocenters. The lowest BCUT2D eigenvalue weighted by molar-refractivity contribution is 0.397. The van der Waals surface area contributed by atoms with E-state index in [1.807, 2.05) is 22.9 Å². The molecule has 3 nitrogen and oxygen atoms in total. The zero-order valence-corrected chi connectivity index (χ0v) is 11.4. The second-order valence-electron chi connectivity index (χ2n) is 4.81. The number of hydrogen-bond acceptors (Lipinski definition) is 2. The highest BCUT2D eigenvalue weighted by Crippen LogP contribution is 2.20. The molecule has 2 rings (SSSR count). The van der Waals surface area contributed by atoms with Gasteiger partial charge in [0.25, 0.3) is 0 Å². The van der Waals surface area contributed by atoms with Gasteiger partial charge < -0.3 is 9.88 Å². The van der Waals surface area contributed by atoms with Gasteiger partial charge in [-0.15, -0.1) is 0 Å². The van der Waals surface area contributed by atoms with Gasteiger partial charge in [0.15, 0.2) is 0 Å². The molecule has 19 heavy (non-hydrogen) atoms. The highest BCUT2D eigenvalue weighted by molar-refractivity contribution is 5.21. The lowest BCUT2D eigenvalue weighted by Crippen LogP contribution is -2.33. The van der Waals surface area contributed by atoms with Crippen LogP contribution in [0, 0.1) is 5.82 Å². The van der Waals surface area contributed by atoms with E-state index < -0.39 is 0 Å². The lowest BCUT2D eigenvalue weighted by Gasteiger charge is -2.23. The van der Waals surface area contributed by atoms with Gasteiger partial charge in [0.1, 0.15) is 5.82 Å². The van der Waals surface area contributed by atoms with Crippen molar-refractivity contribution in [2.75, 3.05) is 0 Å². The van der Waals surface area contributed by atoms with E-state index >= 15 is 0 Å². The van der Waals surface area contributed by atoms with Crippen molar-refractivity contribution in [3.05, 3.63) is 54.4 Å². The maximum atomic E-state index is 13.8. The Morgan fingerprint density at radius 1 is 1.37 bits per heavy atom. The van der Waals surface area contributed by atoms with Crippen LogP contribution in [0.5, 0.6) is 0 Å². The molecular formula is C15H20FN3. The number of nitrogens with one attached hydrogen (secondary N) is 1. The maximum Gasteiger partial charge on any atom is 0.127 e.